The molecule has 2 amide bonds. The van der Waals surface area contributed by atoms with Gasteiger partial charge >= 0.3 is 6.09 Å². The number of carbonyl (C=O) groups excluding carboxylic acids is 2. The summed E-state index contributed by atoms with van der Waals surface area (Å²) in [5, 5.41) is 0.725. The minimum atomic E-state index is -0.436. The number of hydrogen-bond donors (Lipinski definition) is 1. The van der Waals surface area contributed by atoms with Gasteiger partial charge in [-0.3, -0.25) is 9.69 Å². The van der Waals surface area contributed by atoms with Gasteiger partial charge in [0.1, 0.15) is 13.2 Å². The highest BCUT2D eigenvalue weighted by Crippen LogP contribution is 2.41. The number of ether oxygens (including phenoxy) is 1. The Bertz CT molecular complexity index is 944. The zero-order chi connectivity index (χ0) is 22.6. The first-order valence-corrected chi connectivity index (χ1v) is 11.6. The van der Waals surface area contributed by atoms with Gasteiger partial charge < -0.3 is 15.4 Å². The molecule has 32 heavy (non-hydrogen) atoms. The maximum Gasteiger partial charge on any atom is 0.410 e. The lowest BCUT2D eigenvalue weighted by Gasteiger charge is -2.45. The van der Waals surface area contributed by atoms with Crippen LogP contribution in [0, 0.1) is 0 Å². The molecule has 4 rings (SSSR count). The summed E-state index contributed by atoms with van der Waals surface area (Å²) in [5.74, 6) is -0.0130. The fourth-order valence-electron chi connectivity index (χ4n) is 4.93. The number of benzene rings is 2. The highest BCUT2D eigenvalue weighted by Gasteiger charge is 2.40. The highest BCUT2D eigenvalue weighted by atomic mass is 35.5. The molecule has 1 saturated heterocycles. The number of hydrogen-bond acceptors (Lipinski definition) is 4. The van der Waals surface area contributed by atoms with Crippen molar-refractivity contribution in [2.45, 2.75) is 43.7 Å². The van der Waals surface area contributed by atoms with Gasteiger partial charge in [-0.2, -0.15) is 0 Å². The third kappa shape index (κ3) is 4.92. The summed E-state index contributed by atoms with van der Waals surface area (Å²) in [6, 6.07) is 17.7. The van der Waals surface area contributed by atoms with Crippen molar-refractivity contribution >= 4 is 23.6 Å². The molecule has 2 aromatic carbocycles. The predicted molar refractivity (Wildman–Crippen MR) is 124 cm³/mol. The predicted octanol–water partition coefficient (Wildman–Crippen LogP) is 3.96. The topological polar surface area (TPSA) is 75.9 Å². The molecular weight excluding hydrogens is 426 g/mol. The van der Waals surface area contributed by atoms with Gasteiger partial charge in [0.05, 0.1) is 0 Å². The molecule has 1 heterocycles. The molecule has 2 aromatic rings. The number of nitrogens with two attached hydrogens (primary N) is 1. The van der Waals surface area contributed by atoms with E-state index in [0.29, 0.717) is 19.6 Å². The van der Waals surface area contributed by atoms with E-state index in [1.165, 1.54) is 10.5 Å². The molecule has 2 fully saturated rings. The summed E-state index contributed by atoms with van der Waals surface area (Å²) in [5.41, 5.74) is 8.23. The lowest BCUT2D eigenvalue weighted by atomic mass is 9.68. The second-order valence-electron chi connectivity index (χ2n) is 8.77. The molecule has 0 unspecified atom stereocenters. The van der Waals surface area contributed by atoms with Crippen LogP contribution in [0.4, 0.5) is 4.79 Å². The third-order valence-electron chi connectivity index (χ3n) is 6.90. The largest absolute Gasteiger partial charge is 0.445 e. The number of halogens is 1. The summed E-state index contributed by atoms with van der Waals surface area (Å²) < 4.78 is 5.39. The van der Waals surface area contributed by atoms with Gasteiger partial charge in [0.15, 0.2) is 0 Å². The average molecular weight is 456 g/mol. The zero-order valence-electron chi connectivity index (χ0n) is 18.2. The van der Waals surface area contributed by atoms with E-state index in [2.05, 4.69) is 6.07 Å². The lowest BCUT2D eigenvalue weighted by molar-refractivity contribution is -0.139. The lowest BCUT2D eigenvalue weighted by Crippen LogP contribution is -2.57. The van der Waals surface area contributed by atoms with E-state index in [-0.39, 0.29) is 30.5 Å². The first-order chi connectivity index (χ1) is 15.5. The number of piperazine rings is 1. The molecule has 7 heteroatoms. The number of amides is 2. The Morgan fingerprint density at radius 1 is 1.09 bits per heavy atom. The minimum absolute atomic E-state index is 0.0130. The maximum absolute atomic E-state index is 12.9. The summed E-state index contributed by atoms with van der Waals surface area (Å²) in [6.45, 7) is 1.87. The van der Waals surface area contributed by atoms with Crippen molar-refractivity contribution in [1.82, 2.24) is 9.80 Å². The van der Waals surface area contributed by atoms with E-state index >= 15 is 0 Å². The molecule has 6 nitrogen and oxygen atoms in total. The van der Waals surface area contributed by atoms with Crippen LogP contribution in [0.1, 0.15) is 36.8 Å². The quantitative estimate of drug-likeness (QED) is 0.740. The van der Waals surface area contributed by atoms with Gasteiger partial charge in [0.2, 0.25) is 5.91 Å². The number of carbonyl (C=O) groups is 2. The Hall–Kier alpha value is -2.57. The molecule has 1 saturated carbocycles. The normalized spacial score (nSPS) is 23.8. The van der Waals surface area contributed by atoms with E-state index in [0.717, 1.165) is 36.3 Å². The van der Waals surface area contributed by atoms with Crippen molar-refractivity contribution in [1.29, 1.82) is 0 Å². The molecule has 2 N–H and O–H groups in total. The molecule has 2 aliphatic rings. The molecule has 0 spiro atoms. The van der Waals surface area contributed by atoms with E-state index in [4.69, 9.17) is 22.1 Å². The van der Waals surface area contributed by atoms with Crippen LogP contribution in [0.2, 0.25) is 5.02 Å². The third-order valence-corrected chi connectivity index (χ3v) is 7.14. The summed E-state index contributed by atoms with van der Waals surface area (Å²) in [7, 11) is 0. The molecule has 170 valence electrons. The van der Waals surface area contributed by atoms with Crippen molar-refractivity contribution in [2.75, 3.05) is 26.2 Å². The summed E-state index contributed by atoms with van der Waals surface area (Å²) >= 11 is 6.21. The molecule has 0 atom stereocenters. The second-order valence-corrected chi connectivity index (χ2v) is 9.21. The van der Waals surface area contributed by atoms with E-state index in [1.54, 1.807) is 0 Å². The zero-order valence-corrected chi connectivity index (χ0v) is 19.0. The van der Waals surface area contributed by atoms with Crippen LogP contribution < -0.4 is 5.73 Å². The van der Waals surface area contributed by atoms with Crippen LogP contribution in [0.3, 0.4) is 0 Å². The fraction of sp³-hybridized carbons (Fsp3) is 0.440. The maximum atomic E-state index is 12.9. The summed E-state index contributed by atoms with van der Waals surface area (Å²) in [6.07, 6.45) is 3.19. The highest BCUT2D eigenvalue weighted by molar-refractivity contribution is 6.30. The Labute approximate surface area is 194 Å². The van der Waals surface area contributed by atoms with Crippen LogP contribution in [0.5, 0.6) is 0 Å². The fourth-order valence-corrected chi connectivity index (χ4v) is 5.13. The van der Waals surface area contributed by atoms with Crippen LogP contribution in [-0.2, 0) is 21.6 Å². The Morgan fingerprint density at radius 3 is 2.50 bits per heavy atom. The van der Waals surface area contributed by atoms with Crippen LogP contribution >= 0.6 is 11.6 Å². The van der Waals surface area contributed by atoms with Crippen LogP contribution in [0.15, 0.2) is 54.6 Å². The average Bonchev–Trinajstić information content (AvgIpc) is 2.83. The van der Waals surface area contributed by atoms with E-state index in [1.807, 2.05) is 53.4 Å². The van der Waals surface area contributed by atoms with Crippen molar-refractivity contribution in [2.24, 2.45) is 5.73 Å². The van der Waals surface area contributed by atoms with Crippen molar-refractivity contribution < 1.29 is 14.3 Å². The van der Waals surface area contributed by atoms with Gasteiger partial charge in [-0.05, 0) is 48.9 Å². The molecule has 1 aliphatic heterocycles. The van der Waals surface area contributed by atoms with Gasteiger partial charge in [0, 0.05) is 36.1 Å². The van der Waals surface area contributed by atoms with Crippen LogP contribution in [-0.4, -0.2) is 54.0 Å². The van der Waals surface area contributed by atoms with Crippen molar-refractivity contribution in [3.8, 4) is 0 Å². The molecular formula is C25H30ClN3O3. The number of rotatable bonds is 5. The second kappa shape index (κ2) is 9.92. The van der Waals surface area contributed by atoms with Gasteiger partial charge in [-0.15, -0.1) is 0 Å². The van der Waals surface area contributed by atoms with E-state index in [9.17, 15) is 9.59 Å². The first-order valence-electron chi connectivity index (χ1n) is 11.2. The molecule has 0 aromatic heterocycles. The Morgan fingerprint density at radius 2 is 1.84 bits per heavy atom. The first kappa shape index (κ1) is 22.6. The standard InChI is InChI=1S/C25H30ClN3O3/c26-21-8-4-7-20(15-21)25(18-27)11-9-22(10-12-25)29-14-13-28(16-23(29)30)24(31)32-17-19-5-2-1-3-6-19/h1-8,15,22H,9-14,16-18,27H2/t22-,25+. The Balaban J connectivity index is 1.31. The van der Waals surface area contributed by atoms with Crippen molar-refractivity contribution in [3.63, 3.8) is 0 Å². The van der Waals surface area contributed by atoms with Gasteiger partial charge in [0.25, 0.3) is 0 Å². The monoisotopic (exact) mass is 455 g/mol. The van der Waals surface area contributed by atoms with Crippen LogP contribution in [0.25, 0.3) is 0 Å². The van der Waals surface area contributed by atoms with Gasteiger partial charge in [-0.1, -0.05) is 54.1 Å². The molecule has 1 aliphatic carbocycles. The Kier molecular flexibility index (Phi) is 7.01. The van der Waals surface area contributed by atoms with E-state index < -0.39 is 6.09 Å². The smallest absolute Gasteiger partial charge is 0.410 e. The van der Waals surface area contributed by atoms with Gasteiger partial charge in [-0.25, -0.2) is 4.79 Å². The summed E-state index contributed by atoms with van der Waals surface area (Å²) in [4.78, 5) is 28.7. The van der Waals surface area contributed by atoms with Crippen molar-refractivity contribution in [3.05, 3.63) is 70.7 Å². The molecule has 0 bridgehead atoms. The SMILES string of the molecule is NC[C@]1(c2cccc(Cl)c2)CC[C@@H](N2CCN(C(=O)OCc3ccccc3)CC2=O)CC1. The molecule has 0 radical (unpaired) electrons. The number of nitrogens with zero attached hydrogens (tertiary/aromatic N) is 2. The minimum Gasteiger partial charge on any atom is -0.445 e.